The summed E-state index contributed by atoms with van der Waals surface area (Å²) in [4.78, 5) is 15.2. The highest BCUT2D eigenvalue weighted by atomic mass is 16.5. The second-order valence-corrected chi connectivity index (χ2v) is 6.94. The monoisotopic (exact) mass is 331 g/mol. The van der Waals surface area contributed by atoms with Crippen molar-refractivity contribution in [2.24, 2.45) is 5.92 Å². The van der Waals surface area contributed by atoms with Gasteiger partial charge in [0.15, 0.2) is 6.10 Å². The Morgan fingerprint density at radius 2 is 2.00 bits per heavy atom. The molecule has 2 aliphatic rings. The molecule has 2 unspecified atom stereocenters. The van der Waals surface area contributed by atoms with Gasteiger partial charge in [-0.15, -0.1) is 0 Å². The van der Waals surface area contributed by atoms with Crippen LogP contribution in [0, 0.1) is 5.92 Å². The lowest BCUT2D eigenvalue weighted by Gasteiger charge is -2.30. The molecule has 4 heteroatoms. The van der Waals surface area contributed by atoms with Gasteiger partial charge in [0, 0.05) is 25.6 Å². The number of rotatable bonds is 7. The van der Waals surface area contributed by atoms with Crippen molar-refractivity contribution in [1.29, 1.82) is 0 Å². The summed E-state index contributed by atoms with van der Waals surface area (Å²) in [6.45, 7) is 5.12. The van der Waals surface area contributed by atoms with Crippen LogP contribution in [0.2, 0.25) is 0 Å². The minimum absolute atomic E-state index is 0.0995. The number of likely N-dealkylation sites (N-methyl/N-ethyl adjacent to an activating group) is 1. The van der Waals surface area contributed by atoms with Crippen molar-refractivity contribution in [2.45, 2.75) is 51.2 Å². The van der Waals surface area contributed by atoms with Crippen LogP contribution in [0.3, 0.4) is 0 Å². The predicted octanol–water partition coefficient (Wildman–Crippen LogP) is 3.57. The van der Waals surface area contributed by atoms with Crippen LogP contribution < -0.4 is 0 Å². The van der Waals surface area contributed by atoms with Crippen molar-refractivity contribution >= 4 is 5.91 Å². The van der Waals surface area contributed by atoms with Gasteiger partial charge in [-0.05, 0) is 31.7 Å². The van der Waals surface area contributed by atoms with Gasteiger partial charge >= 0.3 is 0 Å². The summed E-state index contributed by atoms with van der Waals surface area (Å²) in [6, 6.07) is 9.95. The van der Waals surface area contributed by atoms with Crippen LogP contribution >= 0.6 is 0 Å². The predicted molar refractivity (Wildman–Crippen MR) is 93.7 cm³/mol. The van der Waals surface area contributed by atoms with Crippen LogP contribution in [0.5, 0.6) is 0 Å². The van der Waals surface area contributed by atoms with E-state index in [2.05, 4.69) is 0 Å². The molecule has 2 atom stereocenters. The fourth-order valence-corrected chi connectivity index (χ4v) is 3.70. The molecule has 1 aromatic rings. The number of nitrogens with zero attached hydrogens (tertiary/aromatic N) is 1. The summed E-state index contributed by atoms with van der Waals surface area (Å²) in [5.74, 6) is 0.555. The highest BCUT2D eigenvalue weighted by Gasteiger charge is 2.31. The molecule has 1 aliphatic heterocycles. The Hall–Kier alpha value is -1.39. The van der Waals surface area contributed by atoms with Crippen LogP contribution in [0.1, 0.15) is 50.7 Å². The van der Waals surface area contributed by atoms with E-state index in [4.69, 9.17) is 9.47 Å². The summed E-state index contributed by atoms with van der Waals surface area (Å²) in [6.07, 6.45) is 5.33. The third-order valence-electron chi connectivity index (χ3n) is 5.15. The number of hydrogen-bond acceptors (Lipinski definition) is 3. The van der Waals surface area contributed by atoms with Crippen molar-refractivity contribution in [3.05, 3.63) is 35.9 Å². The molecule has 24 heavy (non-hydrogen) atoms. The average Bonchev–Trinajstić information content (AvgIpc) is 3.31. The first-order valence-electron chi connectivity index (χ1n) is 9.35. The maximum Gasteiger partial charge on any atom is 0.256 e. The quantitative estimate of drug-likeness (QED) is 0.767. The molecule has 1 aromatic carbocycles. The van der Waals surface area contributed by atoms with Gasteiger partial charge in [0.25, 0.3) is 5.91 Å². The molecule has 3 rings (SSSR count). The van der Waals surface area contributed by atoms with Crippen molar-refractivity contribution < 1.29 is 14.3 Å². The Bertz CT molecular complexity index is 507. The van der Waals surface area contributed by atoms with Gasteiger partial charge in [-0.2, -0.15) is 0 Å². The number of amides is 1. The molecule has 1 heterocycles. The molecule has 0 bridgehead atoms. The van der Waals surface area contributed by atoms with Crippen LogP contribution in [0.25, 0.3) is 0 Å². The molecule has 132 valence electrons. The van der Waals surface area contributed by atoms with Crippen molar-refractivity contribution in [3.63, 3.8) is 0 Å². The van der Waals surface area contributed by atoms with Gasteiger partial charge in [0.05, 0.1) is 12.7 Å². The number of ether oxygens (including phenoxy) is 2. The SMILES string of the molecule is CCN(CC1CCOC1)C(=O)C(OC1CCCC1)c1ccccc1. The van der Waals surface area contributed by atoms with Crippen LogP contribution in [-0.2, 0) is 14.3 Å². The van der Waals surface area contributed by atoms with E-state index in [1.54, 1.807) is 0 Å². The molecule has 0 N–H and O–H groups in total. The van der Waals surface area contributed by atoms with E-state index in [-0.39, 0.29) is 12.0 Å². The summed E-state index contributed by atoms with van der Waals surface area (Å²) in [5, 5.41) is 0. The van der Waals surface area contributed by atoms with Gasteiger partial charge in [-0.25, -0.2) is 0 Å². The maximum absolute atomic E-state index is 13.2. The van der Waals surface area contributed by atoms with E-state index in [1.807, 2.05) is 42.2 Å². The standard InChI is InChI=1S/C20H29NO3/c1-2-21(14-16-12-13-23-15-16)20(22)19(17-8-4-3-5-9-17)24-18-10-6-7-11-18/h3-5,8-9,16,18-19H,2,6-7,10-15H2,1H3. The van der Waals surface area contributed by atoms with Gasteiger partial charge in [0.2, 0.25) is 0 Å². The minimum atomic E-state index is -0.475. The molecular weight excluding hydrogens is 302 g/mol. The first-order valence-corrected chi connectivity index (χ1v) is 9.35. The number of carbonyl (C=O) groups excluding carboxylic acids is 1. The molecule has 0 radical (unpaired) electrons. The first kappa shape index (κ1) is 17.4. The average molecular weight is 331 g/mol. The lowest BCUT2D eigenvalue weighted by Crippen LogP contribution is -2.40. The van der Waals surface area contributed by atoms with Crippen molar-refractivity contribution in [2.75, 3.05) is 26.3 Å². The van der Waals surface area contributed by atoms with Gasteiger partial charge in [-0.3, -0.25) is 4.79 Å². The minimum Gasteiger partial charge on any atom is -0.381 e. The van der Waals surface area contributed by atoms with Gasteiger partial charge < -0.3 is 14.4 Å². The molecule has 1 aliphatic carbocycles. The van der Waals surface area contributed by atoms with Gasteiger partial charge in [-0.1, -0.05) is 43.2 Å². The number of benzene rings is 1. The van der Waals surface area contributed by atoms with Crippen molar-refractivity contribution in [3.8, 4) is 0 Å². The number of carbonyl (C=O) groups is 1. The molecular formula is C20H29NO3. The molecule has 1 saturated carbocycles. The maximum atomic E-state index is 13.2. The third-order valence-corrected chi connectivity index (χ3v) is 5.15. The fourth-order valence-electron chi connectivity index (χ4n) is 3.70. The summed E-state index contributed by atoms with van der Waals surface area (Å²) in [5.41, 5.74) is 0.968. The van der Waals surface area contributed by atoms with E-state index in [0.717, 1.165) is 44.6 Å². The first-order chi connectivity index (χ1) is 11.8. The lowest BCUT2D eigenvalue weighted by molar-refractivity contribution is -0.148. The van der Waals surface area contributed by atoms with E-state index in [1.165, 1.54) is 12.8 Å². The zero-order valence-corrected chi connectivity index (χ0v) is 14.7. The smallest absolute Gasteiger partial charge is 0.256 e. The Morgan fingerprint density at radius 3 is 2.62 bits per heavy atom. The lowest BCUT2D eigenvalue weighted by atomic mass is 10.1. The van der Waals surface area contributed by atoms with E-state index >= 15 is 0 Å². The van der Waals surface area contributed by atoms with E-state index in [9.17, 15) is 4.79 Å². The zero-order valence-electron chi connectivity index (χ0n) is 14.7. The highest BCUT2D eigenvalue weighted by molar-refractivity contribution is 5.82. The zero-order chi connectivity index (χ0) is 16.8. The second kappa shape index (κ2) is 8.63. The Kier molecular flexibility index (Phi) is 6.27. The highest BCUT2D eigenvalue weighted by Crippen LogP contribution is 2.29. The van der Waals surface area contributed by atoms with E-state index in [0.29, 0.717) is 12.5 Å². The largest absolute Gasteiger partial charge is 0.381 e. The van der Waals surface area contributed by atoms with Crippen molar-refractivity contribution in [1.82, 2.24) is 4.90 Å². The third kappa shape index (κ3) is 4.37. The normalized spacial score (nSPS) is 22.6. The Morgan fingerprint density at radius 1 is 1.25 bits per heavy atom. The van der Waals surface area contributed by atoms with E-state index < -0.39 is 6.10 Å². The molecule has 2 fully saturated rings. The summed E-state index contributed by atoms with van der Waals surface area (Å²) in [7, 11) is 0. The van der Waals surface area contributed by atoms with Crippen LogP contribution in [0.4, 0.5) is 0 Å². The second-order valence-electron chi connectivity index (χ2n) is 6.94. The topological polar surface area (TPSA) is 38.8 Å². The molecule has 0 aromatic heterocycles. The summed E-state index contributed by atoms with van der Waals surface area (Å²) < 4.78 is 11.7. The fraction of sp³-hybridized carbons (Fsp3) is 0.650. The van der Waals surface area contributed by atoms with Crippen LogP contribution in [-0.4, -0.2) is 43.2 Å². The summed E-state index contributed by atoms with van der Waals surface area (Å²) >= 11 is 0. The molecule has 0 spiro atoms. The number of hydrogen-bond donors (Lipinski definition) is 0. The molecule has 1 saturated heterocycles. The Balaban J connectivity index is 1.73. The molecule has 1 amide bonds. The van der Waals surface area contributed by atoms with Crippen LogP contribution in [0.15, 0.2) is 30.3 Å². The molecule has 4 nitrogen and oxygen atoms in total. The Labute approximate surface area is 145 Å². The van der Waals surface area contributed by atoms with Gasteiger partial charge in [0.1, 0.15) is 0 Å².